The highest BCUT2D eigenvalue weighted by atomic mass is 19.1. The summed E-state index contributed by atoms with van der Waals surface area (Å²) in [5.41, 5.74) is 6.62. The van der Waals surface area contributed by atoms with Gasteiger partial charge in [-0.3, -0.25) is 34.9 Å². The molecule has 14 nitrogen and oxygen atoms in total. The van der Waals surface area contributed by atoms with Crippen LogP contribution in [0.5, 0.6) is 5.88 Å². The van der Waals surface area contributed by atoms with Gasteiger partial charge in [-0.25, -0.2) is 18.4 Å². The summed E-state index contributed by atoms with van der Waals surface area (Å²) in [5.74, 6) is -1.85. The SMILES string of the molecule is Cc1cc2cc(n1)-c1c(C)nn(C)c1OC[C@H]1CC[C@H](C1)Cn1c(nc3ccc(N4CCN(C5CCN(c6cc(F)c([C@H]7CCC(=O)NC7=O)c(F)c6)CC5)C[C@H]4C)cc31)NC2=O. The third-order valence-electron chi connectivity index (χ3n) is 14.1. The molecule has 0 unspecified atom stereocenters. The molecule has 10 rings (SSSR count). The van der Waals surface area contributed by atoms with Gasteiger partial charge in [-0.05, 0) is 114 Å². The quantitative estimate of drug-likeness (QED) is 0.193. The topological polar surface area (TPSA) is 143 Å². The molecule has 3 saturated heterocycles. The summed E-state index contributed by atoms with van der Waals surface area (Å²) in [6.45, 7) is 11.4. The second-order valence-corrected chi connectivity index (χ2v) is 18.4. The van der Waals surface area contributed by atoms with Gasteiger partial charge in [0, 0.05) is 93.0 Å². The summed E-state index contributed by atoms with van der Waals surface area (Å²) >= 11 is 0. The molecule has 4 bridgehead atoms. The summed E-state index contributed by atoms with van der Waals surface area (Å²) in [6, 6.07) is 13.3. The maximum Gasteiger partial charge on any atom is 0.258 e. The van der Waals surface area contributed by atoms with Gasteiger partial charge in [0.15, 0.2) is 0 Å². The predicted molar refractivity (Wildman–Crippen MR) is 235 cm³/mol. The number of halogens is 2. The number of anilines is 3. The number of hydrogen-bond acceptors (Lipinski definition) is 10. The van der Waals surface area contributed by atoms with E-state index in [-0.39, 0.29) is 30.4 Å². The number of piperazine rings is 1. The van der Waals surface area contributed by atoms with Gasteiger partial charge in [0.05, 0.1) is 40.5 Å². The van der Waals surface area contributed by atoms with Gasteiger partial charge in [0.2, 0.25) is 23.6 Å². The van der Waals surface area contributed by atoms with Gasteiger partial charge in [-0.15, -0.1) is 0 Å². The van der Waals surface area contributed by atoms with Crippen molar-refractivity contribution in [3.05, 3.63) is 76.6 Å². The number of carbonyl (C=O) groups is 3. The van der Waals surface area contributed by atoms with Crippen molar-refractivity contribution < 1.29 is 27.9 Å². The molecule has 4 aliphatic heterocycles. The summed E-state index contributed by atoms with van der Waals surface area (Å²) in [4.78, 5) is 54.9. The van der Waals surface area contributed by atoms with E-state index in [1.807, 2.05) is 31.9 Å². The third kappa shape index (κ3) is 7.80. The van der Waals surface area contributed by atoms with Crippen molar-refractivity contribution in [2.45, 2.75) is 90.3 Å². The van der Waals surface area contributed by atoms with Gasteiger partial charge in [-0.1, -0.05) is 0 Å². The highest BCUT2D eigenvalue weighted by molar-refractivity contribution is 6.05. The van der Waals surface area contributed by atoms with E-state index in [1.54, 1.807) is 10.7 Å². The number of carbonyl (C=O) groups excluding carboxylic acids is 3. The molecule has 2 aromatic carbocycles. The number of hydrogen-bond donors (Lipinski definition) is 2. The Kier molecular flexibility index (Phi) is 10.7. The van der Waals surface area contributed by atoms with Crippen LogP contribution in [0.25, 0.3) is 22.3 Å². The first-order valence-corrected chi connectivity index (χ1v) is 22.4. The minimum atomic E-state index is -1.01. The number of nitrogens with zero attached hydrogens (tertiary/aromatic N) is 8. The predicted octanol–water partition coefficient (Wildman–Crippen LogP) is 6.49. The van der Waals surface area contributed by atoms with Crippen molar-refractivity contribution in [3.63, 3.8) is 0 Å². The lowest BCUT2D eigenvalue weighted by Crippen LogP contribution is -2.57. The van der Waals surface area contributed by atoms with Crippen LogP contribution in [-0.4, -0.2) is 98.4 Å². The molecule has 3 amide bonds. The first-order valence-electron chi connectivity index (χ1n) is 22.4. The van der Waals surface area contributed by atoms with Crippen LogP contribution < -0.4 is 25.2 Å². The van der Waals surface area contributed by atoms with Gasteiger partial charge in [0.1, 0.15) is 11.6 Å². The summed E-state index contributed by atoms with van der Waals surface area (Å²) in [5, 5.41) is 10.0. The van der Waals surface area contributed by atoms with Crippen LogP contribution in [0.15, 0.2) is 42.5 Å². The molecule has 1 saturated carbocycles. The molecular weight excluding hydrogens is 807 g/mol. The number of imidazole rings is 1. The van der Waals surface area contributed by atoms with Gasteiger partial charge in [-0.2, -0.15) is 5.10 Å². The maximum absolute atomic E-state index is 15.4. The number of ether oxygens (including phenoxy) is 1. The van der Waals surface area contributed by atoms with E-state index in [2.05, 4.69) is 55.2 Å². The average Bonchev–Trinajstić information content (AvgIpc) is 3.93. The number of fused-ring (bicyclic) bond motifs is 9. The molecule has 5 aliphatic rings. The zero-order valence-corrected chi connectivity index (χ0v) is 36.3. The van der Waals surface area contributed by atoms with Gasteiger partial charge in [0.25, 0.3) is 5.91 Å². The van der Waals surface area contributed by atoms with E-state index >= 15 is 8.78 Å². The molecule has 0 radical (unpaired) electrons. The largest absolute Gasteiger partial charge is 0.477 e. The molecular formula is C47H54F2N10O4. The molecule has 330 valence electrons. The van der Waals surface area contributed by atoms with Crippen molar-refractivity contribution >= 4 is 46.1 Å². The molecule has 0 spiro atoms. The lowest BCUT2D eigenvalue weighted by atomic mass is 9.89. The number of aromatic nitrogens is 5. The van der Waals surface area contributed by atoms with Crippen LogP contribution in [0.3, 0.4) is 0 Å². The second-order valence-electron chi connectivity index (χ2n) is 18.4. The fraction of sp³-hybridized carbons (Fsp3) is 0.489. The molecule has 1 aliphatic carbocycles. The van der Waals surface area contributed by atoms with Gasteiger partial charge < -0.3 is 19.1 Å². The Balaban J connectivity index is 0.844. The lowest BCUT2D eigenvalue weighted by molar-refractivity contribution is -0.134. The number of amides is 3. The van der Waals surface area contributed by atoms with Crippen LogP contribution in [0.1, 0.15) is 85.1 Å². The smallest absolute Gasteiger partial charge is 0.258 e. The zero-order valence-electron chi connectivity index (χ0n) is 36.3. The number of rotatable bonds is 4. The van der Waals surface area contributed by atoms with Crippen molar-refractivity contribution in [2.24, 2.45) is 18.9 Å². The Hall–Kier alpha value is -5.90. The highest BCUT2D eigenvalue weighted by Gasteiger charge is 2.36. The average molecular weight is 861 g/mol. The van der Waals surface area contributed by atoms with E-state index in [1.165, 1.54) is 12.1 Å². The molecule has 2 N–H and O–H groups in total. The molecule has 63 heavy (non-hydrogen) atoms. The van der Waals surface area contributed by atoms with Crippen molar-refractivity contribution in [2.75, 3.05) is 54.4 Å². The van der Waals surface area contributed by atoms with Crippen LogP contribution >= 0.6 is 0 Å². The van der Waals surface area contributed by atoms with Crippen LogP contribution in [0, 0.1) is 37.3 Å². The van der Waals surface area contributed by atoms with Crippen LogP contribution in [-0.2, 0) is 23.2 Å². The number of piperidine rings is 2. The van der Waals surface area contributed by atoms with Crippen molar-refractivity contribution in [1.82, 2.24) is 34.5 Å². The first-order chi connectivity index (χ1) is 30.4. The molecule has 16 heteroatoms. The molecule has 4 fully saturated rings. The Morgan fingerprint density at radius 2 is 1.60 bits per heavy atom. The highest BCUT2D eigenvalue weighted by Crippen LogP contribution is 2.39. The Bertz CT molecular complexity index is 2610. The molecule has 7 heterocycles. The third-order valence-corrected chi connectivity index (χ3v) is 14.1. The zero-order chi connectivity index (χ0) is 43.7. The normalized spacial score (nSPS) is 23.7. The van der Waals surface area contributed by atoms with E-state index in [0.717, 1.165) is 92.0 Å². The minimum Gasteiger partial charge on any atom is -0.477 e. The number of imide groups is 1. The number of pyridine rings is 1. The fourth-order valence-corrected chi connectivity index (χ4v) is 11.0. The Morgan fingerprint density at radius 1 is 0.825 bits per heavy atom. The molecule has 5 aromatic rings. The van der Waals surface area contributed by atoms with Crippen molar-refractivity contribution in [1.29, 1.82) is 0 Å². The summed E-state index contributed by atoms with van der Waals surface area (Å²) in [7, 11) is 1.89. The fourth-order valence-electron chi connectivity index (χ4n) is 11.0. The number of aryl methyl sites for hydroxylation is 3. The number of benzene rings is 2. The monoisotopic (exact) mass is 860 g/mol. The van der Waals surface area contributed by atoms with E-state index in [4.69, 9.17) is 14.7 Å². The summed E-state index contributed by atoms with van der Waals surface area (Å²) in [6.07, 6.45) is 5.00. The first kappa shape index (κ1) is 41.1. The van der Waals surface area contributed by atoms with Crippen LogP contribution in [0.2, 0.25) is 0 Å². The Morgan fingerprint density at radius 3 is 2.37 bits per heavy atom. The van der Waals surface area contributed by atoms with E-state index in [0.29, 0.717) is 66.3 Å². The molecule has 3 aromatic heterocycles. The lowest BCUT2D eigenvalue weighted by Gasteiger charge is -2.46. The standard InChI is InChI=1S/C47H54F2N10O4/c1-26-17-31-19-39(50-26)42-28(3)54-55(4)46(42)63-25-30-6-5-29(18-30)24-59-40-22-33(7-9-38(40)51-47(59)53-44(31)61)58-16-15-57(23-27(58)2)32-11-13-56(14-12-32)34-20-36(48)43(37(49)21-34)35-8-10-41(60)52-45(35)62/h7,9,17,19-22,27,29-30,32,35H,5-6,8,10-16,18,23-25H2,1-4H3,(H,51,53,61)(H,52,60,62)/t27-,29-,30+,35-/m1/s1. The maximum atomic E-state index is 15.4. The minimum absolute atomic E-state index is 0.0568. The van der Waals surface area contributed by atoms with Crippen LogP contribution in [0.4, 0.5) is 26.1 Å². The van der Waals surface area contributed by atoms with Gasteiger partial charge >= 0.3 is 0 Å². The van der Waals surface area contributed by atoms with E-state index < -0.39 is 29.4 Å². The second kappa shape index (κ2) is 16.3. The number of nitrogens with one attached hydrogen (secondary N) is 2. The summed E-state index contributed by atoms with van der Waals surface area (Å²) < 4.78 is 41.2. The van der Waals surface area contributed by atoms with Crippen molar-refractivity contribution in [3.8, 4) is 17.1 Å². The molecule has 4 atom stereocenters. The Labute approximate surface area is 365 Å². The van der Waals surface area contributed by atoms with E-state index in [9.17, 15) is 14.4 Å².